The molecule has 2 atom stereocenters. The number of hydrogen-bond acceptors (Lipinski definition) is 4. The predicted octanol–water partition coefficient (Wildman–Crippen LogP) is 2.86. The number of hydrogen-bond donors (Lipinski definition) is 1. The summed E-state index contributed by atoms with van der Waals surface area (Å²) >= 11 is 0. The molecule has 7 nitrogen and oxygen atoms in total. The standard InChI is InChI=1S/C16H18N4O3/c1-10-6-7-19(11(10)2)16(21)14-9-17-15(18-14)12-4-3-5-13(8-12)20(22)23/h3-5,8-11H,6-7H2,1-2H3,(H,17,18)/t10-,11+/m0/s1. The number of non-ortho nitro benzene ring substituents is 1. The quantitative estimate of drug-likeness (QED) is 0.696. The van der Waals surface area contributed by atoms with E-state index in [2.05, 4.69) is 16.9 Å². The normalized spacial score (nSPS) is 20.7. The van der Waals surface area contributed by atoms with E-state index < -0.39 is 4.92 Å². The van der Waals surface area contributed by atoms with Crippen LogP contribution in [-0.2, 0) is 0 Å². The molecule has 0 bridgehead atoms. The summed E-state index contributed by atoms with van der Waals surface area (Å²) in [6, 6.07) is 6.38. The molecule has 0 spiro atoms. The molecule has 1 aromatic heterocycles. The number of aromatic nitrogens is 2. The summed E-state index contributed by atoms with van der Waals surface area (Å²) in [4.78, 5) is 32.0. The molecule has 1 aromatic carbocycles. The van der Waals surface area contributed by atoms with Crippen LogP contribution in [0.25, 0.3) is 11.4 Å². The van der Waals surface area contributed by atoms with Gasteiger partial charge in [0.25, 0.3) is 11.6 Å². The number of carbonyl (C=O) groups is 1. The number of nitrogens with zero attached hydrogens (tertiary/aromatic N) is 3. The molecular formula is C16H18N4O3. The number of H-pyrrole nitrogens is 1. The lowest BCUT2D eigenvalue weighted by Crippen LogP contribution is -2.35. The number of carbonyl (C=O) groups excluding carboxylic acids is 1. The Hall–Kier alpha value is -2.70. The van der Waals surface area contributed by atoms with Crippen molar-refractivity contribution in [1.29, 1.82) is 0 Å². The van der Waals surface area contributed by atoms with Crippen LogP contribution in [0.15, 0.2) is 30.5 Å². The second-order valence-corrected chi connectivity index (χ2v) is 5.96. The number of imidazole rings is 1. The van der Waals surface area contributed by atoms with E-state index in [0.717, 1.165) is 13.0 Å². The van der Waals surface area contributed by atoms with Crippen LogP contribution in [0.4, 0.5) is 5.69 Å². The largest absolute Gasteiger partial charge is 0.334 e. The summed E-state index contributed by atoms with van der Waals surface area (Å²) in [7, 11) is 0. The molecule has 1 fully saturated rings. The van der Waals surface area contributed by atoms with Crippen molar-refractivity contribution >= 4 is 11.6 Å². The number of aromatic amines is 1. The summed E-state index contributed by atoms with van der Waals surface area (Å²) < 4.78 is 0. The molecular weight excluding hydrogens is 296 g/mol. The van der Waals surface area contributed by atoms with Crippen LogP contribution in [0.5, 0.6) is 0 Å². The lowest BCUT2D eigenvalue weighted by atomic mass is 10.1. The second kappa shape index (κ2) is 5.83. The van der Waals surface area contributed by atoms with Gasteiger partial charge < -0.3 is 9.88 Å². The predicted molar refractivity (Wildman–Crippen MR) is 85.0 cm³/mol. The Morgan fingerprint density at radius 2 is 2.22 bits per heavy atom. The maximum Gasteiger partial charge on any atom is 0.272 e. The van der Waals surface area contributed by atoms with Gasteiger partial charge in [0.2, 0.25) is 0 Å². The SMILES string of the molecule is C[C@@H]1[C@@H](C)CCN1C(=O)c1cnc(-c2cccc([N+](=O)[O-])c2)[nH]1. The van der Waals surface area contributed by atoms with Crippen LogP contribution in [0.3, 0.4) is 0 Å². The number of benzene rings is 1. The Kier molecular flexibility index (Phi) is 3.85. The van der Waals surface area contributed by atoms with Crippen molar-refractivity contribution < 1.29 is 9.72 Å². The first-order valence-corrected chi connectivity index (χ1v) is 7.58. The maximum atomic E-state index is 12.6. The van der Waals surface area contributed by atoms with Gasteiger partial charge in [-0.25, -0.2) is 4.98 Å². The fourth-order valence-electron chi connectivity index (χ4n) is 2.88. The molecule has 0 saturated carbocycles. The molecule has 2 aromatic rings. The minimum absolute atomic E-state index is 0.00577. The first-order chi connectivity index (χ1) is 11.0. The maximum absolute atomic E-state index is 12.6. The van der Waals surface area contributed by atoms with Crippen LogP contribution in [0, 0.1) is 16.0 Å². The van der Waals surface area contributed by atoms with E-state index in [4.69, 9.17) is 0 Å². The number of nitro groups is 1. The highest BCUT2D eigenvalue weighted by Crippen LogP contribution is 2.26. The lowest BCUT2D eigenvalue weighted by Gasteiger charge is -2.22. The smallest absolute Gasteiger partial charge is 0.272 e. The van der Waals surface area contributed by atoms with Crippen molar-refractivity contribution in [3.63, 3.8) is 0 Å². The van der Waals surface area contributed by atoms with Gasteiger partial charge in [-0.1, -0.05) is 19.1 Å². The molecule has 0 radical (unpaired) electrons. The van der Waals surface area contributed by atoms with Gasteiger partial charge in [-0.15, -0.1) is 0 Å². The third-order valence-corrected chi connectivity index (χ3v) is 4.54. The van der Waals surface area contributed by atoms with Crippen LogP contribution in [0.1, 0.15) is 30.8 Å². The summed E-state index contributed by atoms with van der Waals surface area (Å²) in [5.41, 5.74) is 0.988. The Balaban J connectivity index is 1.85. The number of rotatable bonds is 3. The molecule has 2 heterocycles. The fourth-order valence-corrected chi connectivity index (χ4v) is 2.88. The van der Waals surface area contributed by atoms with Gasteiger partial charge in [-0.3, -0.25) is 14.9 Å². The minimum Gasteiger partial charge on any atom is -0.334 e. The molecule has 1 saturated heterocycles. The van der Waals surface area contributed by atoms with Crippen molar-refractivity contribution in [1.82, 2.24) is 14.9 Å². The van der Waals surface area contributed by atoms with E-state index in [1.807, 2.05) is 11.8 Å². The lowest BCUT2D eigenvalue weighted by molar-refractivity contribution is -0.384. The molecule has 0 aliphatic carbocycles. The minimum atomic E-state index is -0.453. The second-order valence-electron chi connectivity index (χ2n) is 5.96. The Labute approximate surface area is 133 Å². The van der Waals surface area contributed by atoms with E-state index >= 15 is 0 Å². The average molecular weight is 314 g/mol. The average Bonchev–Trinajstić information content (AvgIpc) is 3.15. The van der Waals surface area contributed by atoms with Gasteiger partial charge in [0.15, 0.2) is 0 Å². The molecule has 7 heteroatoms. The van der Waals surface area contributed by atoms with Crippen molar-refractivity contribution in [2.24, 2.45) is 5.92 Å². The van der Waals surface area contributed by atoms with Crippen molar-refractivity contribution in [3.8, 4) is 11.4 Å². The molecule has 120 valence electrons. The first-order valence-electron chi connectivity index (χ1n) is 7.58. The van der Waals surface area contributed by atoms with Crippen LogP contribution in [0.2, 0.25) is 0 Å². The third kappa shape index (κ3) is 2.81. The van der Waals surface area contributed by atoms with Crippen LogP contribution < -0.4 is 0 Å². The third-order valence-electron chi connectivity index (χ3n) is 4.54. The molecule has 1 N–H and O–H groups in total. The Morgan fingerprint density at radius 3 is 2.87 bits per heavy atom. The number of nitrogens with one attached hydrogen (secondary N) is 1. The first kappa shape index (κ1) is 15.2. The molecule has 0 unspecified atom stereocenters. The van der Waals surface area contributed by atoms with Gasteiger partial charge in [-0.2, -0.15) is 0 Å². The van der Waals surface area contributed by atoms with Crippen molar-refractivity contribution in [2.45, 2.75) is 26.3 Å². The van der Waals surface area contributed by atoms with Crippen molar-refractivity contribution in [3.05, 3.63) is 46.3 Å². The summed E-state index contributed by atoms with van der Waals surface area (Å²) in [6.07, 6.45) is 2.49. The molecule has 1 amide bonds. The summed E-state index contributed by atoms with van der Waals surface area (Å²) in [6.45, 7) is 4.93. The van der Waals surface area contributed by atoms with Gasteiger partial charge in [0.1, 0.15) is 11.5 Å². The molecule has 3 rings (SSSR count). The van der Waals surface area contributed by atoms with Gasteiger partial charge in [0, 0.05) is 30.3 Å². The number of likely N-dealkylation sites (tertiary alicyclic amines) is 1. The summed E-state index contributed by atoms with van der Waals surface area (Å²) in [5.74, 6) is 0.862. The topological polar surface area (TPSA) is 92.1 Å². The van der Waals surface area contributed by atoms with Gasteiger partial charge in [0.05, 0.1) is 11.1 Å². The van der Waals surface area contributed by atoms with E-state index in [0.29, 0.717) is 23.0 Å². The van der Waals surface area contributed by atoms with Crippen molar-refractivity contribution in [2.75, 3.05) is 6.54 Å². The zero-order valence-corrected chi connectivity index (χ0v) is 13.0. The summed E-state index contributed by atoms with van der Waals surface area (Å²) in [5, 5.41) is 10.9. The zero-order valence-electron chi connectivity index (χ0n) is 13.0. The highest BCUT2D eigenvalue weighted by Gasteiger charge is 2.32. The molecule has 1 aliphatic rings. The Bertz CT molecular complexity index is 755. The zero-order chi connectivity index (χ0) is 16.6. The van der Waals surface area contributed by atoms with Gasteiger partial charge in [-0.05, 0) is 19.3 Å². The number of amides is 1. The van der Waals surface area contributed by atoms with Crippen LogP contribution >= 0.6 is 0 Å². The van der Waals surface area contributed by atoms with E-state index in [9.17, 15) is 14.9 Å². The van der Waals surface area contributed by atoms with E-state index in [1.165, 1.54) is 18.3 Å². The number of nitro benzene ring substituents is 1. The highest BCUT2D eigenvalue weighted by molar-refractivity contribution is 5.93. The monoisotopic (exact) mass is 314 g/mol. The van der Waals surface area contributed by atoms with E-state index in [1.54, 1.807) is 12.1 Å². The molecule has 1 aliphatic heterocycles. The fraction of sp³-hybridized carbons (Fsp3) is 0.375. The Morgan fingerprint density at radius 1 is 1.43 bits per heavy atom. The van der Waals surface area contributed by atoms with Gasteiger partial charge >= 0.3 is 0 Å². The van der Waals surface area contributed by atoms with Crippen LogP contribution in [-0.4, -0.2) is 38.3 Å². The molecule has 23 heavy (non-hydrogen) atoms. The van der Waals surface area contributed by atoms with E-state index in [-0.39, 0.29) is 17.6 Å². The highest BCUT2D eigenvalue weighted by atomic mass is 16.6.